The number of rotatable bonds is 7. The highest BCUT2D eigenvalue weighted by atomic mass is 32.2. The van der Waals surface area contributed by atoms with E-state index in [0.717, 1.165) is 30.1 Å². The summed E-state index contributed by atoms with van der Waals surface area (Å²) in [7, 11) is 0. The molecule has 0 fully saturated rings. The monoisotopic (exact) mass is 391 g/mol. The normalized spacial score (nSPS) is 13.1. The summed E-state index contributed by atoms with van der Waals surface area (Å²) in [6.07, 6.45) is 5.34. The van der Waals surface area contributed by atoms with Crippen LogP contribution in [0.5, 0.6) is 0 Å². The van der Waals surface area contributed by atoms with E-state index in [1.165, 1.54) is 41.6 Å². The van der Waals surface area contributed by atoms with Crippen LogP contribution < -0.4 is 5.32 Å². The van der Waals surface area contributed by atoms with Crippen molar-refractivity contribution in [2.75, 3.05) is 12.3 Å². The quantitative estimate of drug-likeness (QED) is 0.614. The number of imidazole rings is 1. The van der Waals surface area contributed by atoms with Crippen molar-refractivity contribution in [3.05, 3.63) is 77.6 Å². The maximum Gasteiger partial charge on any atom is 0.230 e. The van der Waals surface area contributed by atoms with Crippen LogP contribution in [0.25, 0.3) is 5.69 Å². The topological polar surface area (TPSA) is 46.9 Å². The van der Waals surface area contributed by atoms with Crippen molar-refractivity contribution in [1.82, 2.24) is 14.9 Å². The Bertz CT molecular complexity index is 922. The summed E-state index contributed by atoms with van der Waals surface area (Å²) in [6.45, 7) is 0.660. The van der Waals surface area contributed by atoms with E-state index < -0.39 is 0 Å². The number of aryl methyl sites for hydroxylation is 1. The van der Waals surface area contributed by atoms with Crippen molar-refractivity contribution in [2.24, 2.45) is 0 Å². The number of nitrogens with zero attached hydrogens (tertiary/aromatic N) is 2. The molecule has 0 radical (unpaired) electrons. The molecule has 0 saturated heterocycles. The summed E-state index contributed by atoms with van der Waals surface area (Å²) in [5.41, 5.74) is 4.87. The zero-order valence-corrected chi connectivity index (χ0v) is 16.8. The van der Waals surface area contributed by atoms with Gasteiger partial charge >= 0.3 is 0 Å². The SMILES string of the molecule is O=C(CSc1nc2c(n1-c1ccccc1)CCCC2)NCCc1ccccc1. The Labute approximate surface area is 170 Å². The second-order valence-electron chi connectivity index (χ2n) is 7.04. The van der Waals surface area contributed by atoms with E-state index in [4.69, 9.17) is 4.98 Å². The molecule has 3 aromatic rings. The van der Waals surface area contributed by atoms with E-state index in [1.807, 2.05) is 24.3 Å². The van der Waals surface area contributed by atoms with Gasteiger partial charge in [0.25, 0.3) is 0 Å². The molecule has 1 aromatic heterocycles. The third-order valence-electron chi connectivity index (χ3n) is 5.03. The largest absolute Gasteiger partial charge is 0.355 e. The number of hydrogen-bond donors (Lipinski definition) is 1. The molecule has 28 heavy (non-hydrogen) atoms. The molecular weight excluding hydrogens is 366 g/mol. The zero-order chi connectivity index (χ0) is 19.2. The molecule has 0 atom stereocenters. The van der Waals surface area contributed by atoms with Crippen molar-refractivity contribution in [2.45, 2.75) is 37.3 Å². The minimum atomic E-state index is 0.0570. The zero-order valence-electron chi connectivity index (χ0n) is 15.9. The molecular formula is C23H25N3OS. The lowest BCUT2D eigenvalue weighted by Crippen LogP contribution is -2.27. The predicted molar refractivity (Wildman–Crippen MR) is 114 cm³/mol. The Morgan fingerprint density at radius 3 is 2.50 bits per heavy atom. The third kappa shape index (κ3) is 4.47. The van der Waals surface area contributed by atoms with Crippen LogP contribution >= 0.6 is 11.8 Å². The number of thioether (sulfide) groups is 1. The van der Waals surface area contributed by atoms with E-state index in [-0.39, 0.29) is 5.91 Å². The Balaban J connectivity index is 1.40. The summed E-state index contributed by atoms with van der Waals surface area (Å²) < 4.78 is 2.25. The fraction of sp³-hybridized carbons (Fsp3) is 0.304. The van der Waals surface area contributed by atoms with Gasteiger partial charge in [0.15, 0.2) is 5.16 Å². The molecule has 0 unspecified atom stereocenters. The Morgan fingerprint density at radius 2 is 1.71 bits per heavy atom. The molecule has 1 amide bonds. The van der Waals surface area contributed by atoms with Gasteiger partial charge in [-0.2, -0.15) is 0 Å². The van der Waals surface area contributed by atoms with Gasteiger partial charge in [-0.15, -0.1) is 0 Å². The average molecular weight is 392 g/mol. The maximum atomic E-state index is 12.3. The molecule has 144 valence electrons. The minimum absolute atomic E-state index is 0.0570. The van der Waals surface area contributed by atoms with Gasteiger partial charge in [0.1, 0.15) is 0 Å². The third-order valence-corrected chi connectivity index (χ3v) is 5.97. The fourth-order valence-corrected chi connectivity index (χ4v) is 4.51. The number of aromatic nitrogens is 2. The molecule has 5 heteroatoms. The highest BCUT2D eigenvalue weighted by Gasteiger charge is 2.21. The Hall–Kier alpha value is -2.53. The first-order valence-electron chi connectivity index (χ1n) is 9.90. The van der Waals surface area contributed by atoms with E-state index in [2.05, 4.69) is 46.3 Å². The number of hydrogen-bond acceptors (Lipinski definition) is 3. The standard InChI is InChI=1S/C23H25N3OS/c27-22(24-16-15-18-9-3-1-4-10-18)17-28-23-25-20-13-7-8-14-21(20)26(23)19-11-5-2-6-12-19/h1-6,9-12H,7-8,13-17H2,(H,24,27). The van der Waals surface area contributed by atoms with Crippen LogP contribution in [0.3, 0.4) is 0 Å². The number of carbonyl (C=O) groups is 1. The predicted octanol–water partition coefficient (Wildman–Crippen LogP) is 4.20. The fourth-order valence-electron chi connectivity index (χ4n) is 3.63. The summed E-state index contributed by atoms with van der Waals surface area (Å²) in [4.78, 5) is 17.2. The number of nitrogens with one attached hydrogen (secondary N) is 1. The van der Waals surface area contributed by atoms with Crippen molar-refractivity contribution >= 4 is 17.7 Å². The first kappa shape index (κ1) is 18.8. The van der Waals surface area contributed by atoms with Gasteiger partial charge in [0.05, 0.1) is 11.4 Å². The average Bonchev–Trinajstić information content (AvgIpc) is 3.12. The van der Waals surface area contributed by atoms with Crippen LogP contribution in [-0.2, 0) is 24.1 Å². The van der Waals surface area contributed by atoms with Crippen molar-refractivity contribution in [1.29, 1.82) is 0 Å². The number of fused-ring (bicyclic) bond motifs is 1. The lowest BCUT2D eigenvalue weighted by atomic mass is 10.0. The summed E-state index contributed by atoms with van der Waals surface area (Å²) >= 11 is 1.53. The summed E-state index contributed by atoms with van der Waals surface area (Å²) in [5, 5.41) is 3.95. The molecule has 0 aliphatic heterocycles. The van der Waals surface area contributed by atoms with Gasteiger partial charge in [0.2, 0.25) is 5.91 Å². The molecule has 4 nitrogen and oxygen atoms in total. The molecule has 0 spiro atoms. The van der Waals surface area contributed by atoms with Crippen molar-refractivity contribution in [3.63, 3.8) is 0 Å². The van der Waals surface area contributed by atoms with Gasteiger partial charge in [0, 0.05) is 17.9 Å². The van der Waals surface area contributed by atoms with Crippen molar-refractivity contribution < 1.29 is 4.79 Å². The van der Waals surface area contributed by atoms with Gasteiger partial charge < -0.3 is 5.32 Å². The molecule has 2 aromatic carbocycles. The smallest absolute Gasteiger partial charge is 0.230 e. The van der Waals surface area contributed by atoms with E-state index in [0.29, 0.717) is 12.3 Å². The lowest BCUT2D eigenvalue weighted by molar-refractivity contribution is -0.118. The van der Waals surface area contributed by atoms with Crippen LogP contribution in [0.1, 0.15) is 29.8 Å². The Kier molecular flexibility index (Phi) is 6.12. The van der Waals surface area contributed by atoms with E-state index >= 15 is 0 Å². The van der Waals surface area contributed by atoms with Crippen LogP contribution in [-0.4, -0.2) is 27.8 Å². The molecule has 0 saturated carbocycles. The highest BCUT2D eigenvalue weighted by Crippen LogP contribution is 2.30. The van der Waals surface area contributed by atoms with Gasteiger partial charge in [-0.3, -0.25) is 9.36 Å². The molecule has 4 rings (SSSR count). The van der Waals surface area contributed by atoms with E-state index in [1.54, 1.807) is 0 Å². The van der Waals surface area contributed by atoms with Crippen LogP contribution in [0.2, 0.25) is 0 Å². The summed E-state index contributed by atoms with van der Waals surface area (Å²) in [6, 6.07) is 20.6. The minimum Gasteiger partial charge on any atom is -0.355 e. The number of amides is 1. The lowest BCUT2D eigenvalue weighted by Gasteiger charge is -2.15. The number of benzene rings is 2. The van der Waals surface area contributed by atoms with Gasteiger partial charge in [-0.1, -0.05) is 60.3 Å². The van der Waals surface area contributed by atoms with E-state index in [9.17, 15) is 4.79 Å². The molecule has 1 heterocycles. The first-order valence-corrected chi connectivity index (χ1v) is 10.9. The van der Waals surface area contributed by atoms with Gasteiger partial charge in [-0.05, 0) is 49.8 Å². The molecule has 1 aliphatic carbocycles. The van der Waals surface area contributed by atoms with Crippen LogP contribution in [0.15, 0.2) is 65.8 Å². The number of carbonyl (C=O) groups excluding carboxylic acids is 1. The second-order valence-corrected chi connectivity index (χ2v) is 7.98. The molecule has 1 aliphatic rings. The molecule has 1 N–H and O–H groups in total. The summed E-state index contributed by atoms with van der Waals surface area (Å²) in [5.74, 6) is 0.443. The van der Waals surface area contributed by atoms with Gasteiger partial charge in [-0.25, -0.2) is 4.98 Å². The molecule has 0 bridgehead atoms. The Morgan fingerprint density at radius 1 is 1.00 bits per heavy atom. The maximum absolute atomic E-state index is 12.3. The van der Waals surface area contributed by atoms with Crippen LogP contribution in [0.4, 0.5) is 0 Å². The highest BCUT2D eigenvalue weighted by molar-refractivity contribution is 7.99. The first-order chi connectivity index (χ1) is 13.8. The van der Waals surface area contributed by atoms with Crippen LogP contribution in [0, 0.1) is 0 Å². The second kappa shape index (κ2) is 9.11. The van der Waals surface area contributed by atoms with Crippen molar-refractivity contribution in [3.8, 4) is 5.69 Å². The number of para-hydroxylation sites is 1.